The van der Waals surface area contributed by atoms with Crippen LogP contribution in [0.2, 0.25) is 0 Å². The Kier molecular flexibility index (Phi) is 5.43. The van der Waals surface area contributed by atoms with Gasteiger partial charge in [0, 0.05) is 6.42 Å². The first-order valence-electron chi connectivity index (χ1n) is 12.2. The third-order valence-electron chi connectivity index (χ3n) is 9.60. The molecule has 0 heterocycles. The molecule has 1 nitrogen and oxygen atoms in total. The molecule has 0 aliphatic heterocycles. The highest BCUT2D eigenvalue weighted by atomic mass is 16.1. The summed E-state index contributed by atoms with van der Waals surface area (Å²) in [5.41, 5.74) is 4.03. The zero-order valence-electron chi connectivity index (χ0n) is 19.0. The predicted molar refractivity (Wildman–Crippen MR) is 118 cm³/mol. The molecule has 0 aromatic heterocycles. The van der Waals surface area contributed by atoms with E-state index < -0.39 is 0 Å². The Morgan fingerprint density at radius 3 is 2.57 bits per heavy atom. The number of hydrogen-bond acceptors (Lipinski definition) is 1. The van der Waals surface area contributed by atoms with Gasteiger partial charge in [0.15, 0.2) is 5.78 Å². The zero-order valence-corrected chi connectivity index (χ0v) is 19.0. The SMILES string of the molecule is CC(C)CCCC(C)[C@H]1CCC2C3=CCC4=CC(=O)CC[C@]4(C)C3CC[C@@]21C. The molecule has 0 bridgehead atoms. The molecule has 0 aromatic rings. The molecule has 0 saturated heterocycles. The predicted octanol–water partition coefficient (Wildman–Crippen LogP) is 7.52. The van der Waals surface area contributed by atoms with Crippen LogP contribution in [0.4, 0.5) is 0 Å². The summed E-state index contributed by atoms with van der Waals surface area (Å²) in [6.07, 6.45) is 17.3. The maximum absolute atomic E-state index is 12.0. The maximum Gasteiger partial charge on any atom is 0.155 e. The lowest BCUT2D eigenvalue weighted by atomic mass is 9.50. The molecule has 0 N–H and O–H groups in total. The van der Waals surface area contributed by atoms with Crippen LogP contribution in [0.3, 0.4) is 0 Å². The standard InChI is InChI=1S/C27H42O/c1-18(2)7-6-8-19(3)23-11-12-24-22-10-9-20-17-21(28)13-15-26(20,4)25(22)14-16-27(23,24)5/h10,17-19,23-25H,6-9,11-16H2,1-5H3/t19?,23-,24?,25?,26+,27-/m1/s1. The van der Waals surface area contributed by atoms with Crippen LogP contribution in [0, 0.1) is 40.4 Å². The van der Waals surface area contributed by atoms with Gasteiger partial charge in [0.2, 0.25) is 0 Å². The first-order valence-corrected chi connectivity index (χ1v) is 12.2. The van der Waals surface area contributed by atoms with Gasteiger partial charge in [-0.2, -0.15) is 0 Å². The largest absolute Gasteiger partial charge is 0.295 e. The van der Waals surface area contributed by atoms with Crippen molar-refractivity contribution in [2.75, 3.05) is 0 Å². The van der Waals surface area contributed by atoms with E-state index in [9.17, 15) is 4.79 Å². The lowest BCUT2D eigenvalue weighted by Crippen LogP contribution is -2.46. The summed E-state index contributed by atoms with van der Waals surface area (Å²) < 4.78 is 0. The van der Waals surface area contributed by atoms with E-state index in [0.717, 1.165) is 42.9 Å². The van der Waals surface area contributed by atoms with E-state index in [1.165, 1.54) is 50.5 Å². The summed E-state index contributed by atoms with van der Waals surface area (Å²) >= 11 is 0. The Hall–Kier alpha value is -0.850. The molecule has 1 heteroatoms. The van der Waals surface area contributed by atoms with Gasteiger partial charge in [-0.1, -0.05) is 71.1 Å². The van der Waals surface area contributed by atoms with Crippen LogP contribution in [-0.2, 0) is 4.79 Å². The minimum atomic E-state index is 0.264. The van der Waals surface area contributed by atoms with E-state index >= 15 is 0 Å². The second-order valence-corrected chi connectivity index (χ2v) is 11.6. The lowest BCUT2D eigenvalue weighted by molar-refractivity contribution is -0.116. The smallest absolute Gasteiger partial charge is 0.155 e. The lowest BCUT2D eigenvalue weighted by Gasteiger charge is -2.55. The van der Waals surface area contributed by atoms with Crippen LogP contribution >= 0.6 is 0 Å². The summed E-state index contributed by atoms with van der Waals surface area (Å²) in [5.74, 6) is 4.49. The Balaban J connectivity index is 1.53. The third kappa shape index (κ3) is 3.25. The van der Waals surface area contributed by atoms with E-state index in [2.05, 4.69) is 40.7 Å². The van der Waals surface area contributed by atoms with E-state index in [1.807, 2.05) is 6.08 Å². The van der Waals surface area contributed by atoms with Crippen LogP contribution < -0.4 is 0 Å². The van der Waals surface area contributed by atoms with Crippen molar-refractivity contribution in [3.8, 4) is 0 Å². The highest BCUT2D eigenvalue weighted by Crippen LogP contribution is 2.66. The summed E-state index contributed by atoms with van der Waals surface area (Å²) in [4.78, 5) is 12.0. The normalized spacial score (nSPS) is 41.1. The quantitative estimate of drug-likeness (QED) is 0.449. The number of carbonyl (C=O) groups excluding carboxylic acids is 1. The van der Waals surface area contributed by atoms with Gasteiger partial charge < -0.3 is 0 Å². The molecule has 4 aliphatic rings. The molecule has 156 valence electrons. The summed E-state index contributed by atoms with van der Waals surface area (Å²) in [6, 6.07) is 0. The molecule has 0 amide bonds. The van der Waals surface area contributed by atoms with E-state index in [0.29, 0.717) is 17.1 Å². The van der Waals surface area contributed by atoms with Crippen molar-refractivity contribution < 1.29 is 4.79 Å². The summed E-state index contributed by atoms with van der Waals surface area (Å²) in [7, 11) is 0. The monoisotopic (exact) mass is 382 g/mol. The first-order chi connectivity index (χ1) is 13.3. The van der Waals surface area contributed by atoms with Crippen molar-refractivity contribution in [1.82, 2.24) is 0 Å². The summed E-state index contributed by atoms with van der Waals surface area (Å²) in [6.45, 7) is 12.4. The van der Waals surface area contributed by atoms with Gasteiger partial charge in [0.05, 0.1) is 0 Å². The first kappa shape index (κ1) is 20.4. The van der Waals surface area contributed by atoms with Gasteiger partial charge in [0.1, 0.15) is 0 Å². The second-order valence-electron chi connectivity index (χ2n) is 11.6. The van der Waals surface area contributed by atoms with E-state index in [4.69, 9.17) is 0 Å². The van der Waals surface area contributed by atoms with Gasteiger partial charge >= 0.3 is 0 Å². The number of allylic oxidation sites excluding steroid dienone is 4. The molecule has 0 spiro atoms. The van der Waals surface area contributed by atoms with E-state index in [1.54, 1.807) is 5.57 Å². The molecule has 3 unspecified atom stereocenters. The molecular formula is C27H42O. The second kappa shape index (κ2) is 7.44. The number of rotatable bonds is 5. The molecule has 4 aliphatic carbocycles. The molecule has 0 radical (unpaired) electrons. The van der Waals surface area contributed by atoms with Crippen molar-refractivity contribution in [3.63, 3.8) is 0 Å². The number of ketones is 1. The average Bonchev–Trinajstić information content (AvgIpc) is 2.99. The zero-order chi connectivity index (χ0) is 20.1. The van der Waals surface area contributed by atoms with Crippen LogP contribution in [0.15, 0.2) is 23.3 Å². The number of fused-ring (bicyclic) bond motifs is 5. The Morgan fingerprint density at radius 2 is 1.82 bits per heavy atom. The van der Waals surface area contributed by atoms with Crippen LogP contribution in [0.25, 0.3) is 0 Å². The van der Waals surface area contributed by atoms with Crippen molar-refractivity contribution in [1.29, 1.82) is 0 Å². The van der Waals surface area contributed by atoms with E-state index in [-0.39, 0.29) is 5.41 Å². The molecule has 28 heavy (non-hydrogen) atoms. The van der Waals surface area contributed by atoms with Crippen LogP contribution in [0.1, 0.15) is 98.8 Å². The fourth-order valence-electron chi connectivity index (χ4n) is 7.88. The van der Waals surface area contributed by atoms with Crippen molar-refractivity contribution in [3.05, 3.63) is 23.3 Å². The fraction of sp³-hybridized carbons (Fsp3) is 0.815. The average molecular weight is 383 g/mol. The maximum atomic E-state index is 12.0. The Labute approximate surface area is 173 Å². The highest BCUT2D eigenvalue weighted by molar-refractivity contribution is 5.91. The van der Waals surface area contributed by atoms with Crippen LogP contribution in [-0.4, -0.2) is 5.78 Å². The fourth-order valence-corrected chi connectivity index (χ4v) is 7.88. The highest BCUT2D eigenvalue weighted by Gasteiger charge is 2.56. The minimum absolute atomic E-state index is 0.264. The minimum Gasteiger partial charge on any atom is -0.295 e. The number of carbonyl (C=O) groups is 1. The number of hydrogen-bond donors (Lipinski definition) is 0. The van der Waals surface area contributed by atoms with Crippen molar-refractivity contribution in [2.24, 2.45) is 40.4 Å². The molecule has 6 atom stereocenters. The topological polar surface area (TPSA) is 17.1 Å². The molecular weight excluding hydrogens is 340 g/mol. The van der Waals surface area contributed by atoms with Gasteiger partial charge in [-0.05, 0) is 85.0 Å². The van der Waals surface area contributed by atoms with Gasteiger partial charge in [0.25, 0.3) is 0 Å². The molecule has 2 fully saturated rings. The van der Waals surface area contributed by atoms with Crippen LogP contribution in [0.5, 0.6) is 0 Å². The van der Waals surface area contributed by atoms with Crippen molar-refractivity contribution >= 4 is 5.78 Å². The van der Waals surface area contributed by atoms with Gasteiger partial charge in [-0.25, -0.2) is 0 Å². The third-order valence-corrected chi connectivity index (χ3v) is 9.60. The molecule has 4 rings (SSSR count). The van der Waals surface area contributed by atoms with Crippen molar-refractivity contribution in [2.45, 2.75) is 98.8 Å². The molecule has 0 aromatic carbocycles. The molecule has 2 saturated carbocycles. The van der Waals surface area contributed by atoms with Gasteiger partial charge in [-0.3, -0.25) is 4.79 Å². The Bertz CT molecular complexity index is 682. The van der Waals surface area contributed by atoms with Gasteiger partial charge in [-0.15, -0.1) is 0 Å². The Morgan fingerprint density at radius 1 is 1.04 bits per heavy atom. The summed E-state index contributed by atoms with van der Waals surface area (Å²) in [5, 5.41) is 0.